The highest BCUT2D eigenvalue weighted by molar-refractivity contribution is 7.52. The quantitative estimate of drug-likeness (QED) is 0.151. The molecule has 12 heteroatoms. The van der Waals surface area contributed by atoms with E-state index in [4.69, 9.17) is 10.2 Å². The van der Waals surface area contributed by atoms with E-state index in [0.717, 1.165) is 0 Å². The maximum Gasteiger partial charge on any atom is 0.510 e. The summed E-state index contributed by atoms with van der Waals surface area (Å²) in [6, 6.07) is 0. The molecule has 0 aromatic heterocycles. The van der Waals surface area contributed by atoms with E-state index in [2.05, 4.69) is 13.9 Å². The first kappa shape index (κ1) is 17.9. The van der Waals surface area contributed by atoms with Crippen LogP contribution >= 0.6 is 7.75 Å². The number of nitro groups is 1. The van der Waals surface area contributed by atoms with Crippen molar-refractivity contribution in [2.24, 2.45) is 4.88 Å². The molecule has 11 nitrogen and oxygen atoms in total. The predicted molar refractivity (Wildman–Crippen MR) is 60.8 cm³/mol. The van der Waals surface area contributed by atoms with Crippen molar-refractivity contribution in [3.05, 3.63) is 15.3 Å². The normalized spacial score (nSPS) is 13.6. The van der Waals surface area contributed by atoms with E-state index in [0.29, 0.717) is 0 Å². The molecule has 2 N–H and O–H groups in total. The molecule has 112 valence electrons. The van der Waals surface area contributed by atoms with E-state index in [1.807, 2.05) is 0 Å². The highest BCUT2D eigenvalue weighted by Crippen LogP contribution is 2.50. The van der Waals surface area contributed by atoms with Crippen molar-refractivity contribution in [2.45, 2.75) is 19.5 Å². The maximum atomic E-state index is 11.9. The average Bonchev–Trinajstić information content (AvgIpc) is 2.30. The van der Waals surface area contributed by atoms with Crippen LogP contribution in [-0.2, 0) is 13.6 Å². The van der Waals surface area contributed by atoms with E-state index in [-0.39, 0.29) is 13.2 Å². The summed E-state index contributed by atoms with van der Waals surface area (Å²) in [7, 11) is -4.23. The van der Waals surface area contributed by atoms with Gasteiger partial charge in [-0.3, -0.25) is 19.2 Å². The Balaban J connectivity index is 5.54. The van der Waals surface area contributed by atoms with Gasteiger partial charge in [-0.2, -0.15) is 0 Å². The van der Waals surface area contributed by atoms with Gasteiger partial charge in [0.05, 0.1) is 18.1 Å². The minimum atomic E-state index is -4.23. The monoisotopic (exact) mass is 301 g/mol. The third-order valence-corrected chi connectivity index (χ3v) is 3.53. The molecule has 0 radical (unpaired) electrons. The van der Waals surface area contributed by atoms with Crippen LogP contribution in [0.3, 0.4) is 0 Å². The first-order valence-corrected chi connectivity index (χ1v) is 6.77. The van der Waals surface area contributed by atoms with E-state index in [1.165, 1.54) is 13.8 Å². The van der Waals surface area contributed by atoms with Crippen LogP contribution in [0, 0.1) is 15.3 Å². The number of nitrogens with zero attached hydrogens (tertiary/aromatic N) is 3. The molecule has 0 aliphatic heterocycles. The lowest BCUT2D eigenvalue weighted by Gasteiger charge is -2.18. The molecule has 0 spiro atoms. The Bertz CT molecular complexity index is 373. The van der Waals surface area contributed by atoms with E-state index in [1.54, 1.807) is 0 Å². The lowest BCUT2D eigenvalue weighted by atomic mass is 10.2. The van der Waals surface area contributed by atoms with Gasteiger partial charge in [0.1, 0.15) is 4.92 Å². The highest BCUT2D eigenvalue weighted by atomic mass is 31.2. The first-order valence-electron chi connectivity index (χ1n) is 5.27. The van der Waals surface area contributed by atoms with Gasteiger partial charge in [-0.05, 0) is 18.7 Å². The van der Waals surface area contributed by atoms with Gasteiger partial charge in [-0.25, -0.2) is 4.57 Å². The summed E-state index contributed by atoms with van der Waals surface area (Å²) in [6.45, 7) is 0.0184. The number of rotatable bonds is 9. The van der Waals surface area contributed by atoms with E-state index in [9.17, 15) is 19.9 Å². The number of hydroxylamine groups is 1. The van der Waals surface area contributed by atoms with Crippen LogP contribution in [0.25, 0.3) is 0 Å². The zero-order valence-electron chi connectivity index (χ0n) is 10.5. The van der Waals surface area contributed by atoms with Crippen molar-refractivity contribution >= 4 is 7.75 Å². The standard InChI is InChI=1S/C7H16N3O8P/c1-3-17-19(16,18-4-2)8-9(13)7(5-11,6-12)10(14)15/h11-12H,3-6H2,1-2H3. The fourth-order valence-electron chi connectivity index (χ4n) is 0.954. The van der Waals surface area contributed by atoms with Gasteiger partial charge in [0.25, 0.3) is 0 Å². The molecular weight excluding hydrogens is 285 g/mol. The number of hydrogen-bond acceptors (Lipinski definition) is 8. The van der Waals surface area contributed by atoms with Crippen molar-refractivity contribution in [1.29, 1.82) is 0 Å². The van der Waals surface area contributed by atoms with Gasteiger partial charge >= 0.3 is 13.4 Å². The third-order valence-electron chi connectivity index (χ3n) is 1.98. The smallest absolute Gasteiger partial charge is 0.510 e. The number of hydrogen-bond donors (Lipinski definition) is 2. The molecule has 0 amide bonds. The number of aliphatic hydroxyl groups is 2. The Morgan fingerprint density at radius 2 is 1.63 bits per heavy atom. The van der Waals surface area contributed by atoms with E-state index >= 15 is 0 Å². The molecule has 0 atom stereocenters. The van der Waals surface area contributed by atoms with Crippen molar-refractivity contribution in [2.75, 3.05) is 26.4 Å². The van der Waals surface area contributed by atoms with Gasteiger partial charge < -0.3 is 15.4 Å². The number of aliphatic hydroxyl groups excluding tert-OH is 2. The topological polar surface area (TPSA) is 158 Å². The molecule has 0 fully saturated rings. The lowest BCUT2D eigenvalue weighted by molar-refractivity contribution is -0.816. The zero-order chi connectivity index (χ0) is 15.1. The minimum Gasteiger partial charge on any atom is -0.594 e. The second kappa shape index (κ2) is 7.46. The van der Waals surface area contributed by atoms with Crippen LogP contribution < -0.4 is 0 Å². The molecule has 0 rings (SSSR count). The van der Waals surface area contributed by atoms with Crippen molar-refractivity contribution in [1.82, 2.24) is 0 Å². The van der Waals surface area contributed by atoms with Crippen LogP contribution in [0.5, 0.6) is 0 Å². The Kier molecular flexibility index (Phi) is 7.01. The molecule has 0 saturated carbocycles. The Hall–Kier alpha value is -1.13. The predicted octanol–water partition coefficient (Wildman–Crippen LogP) is 0.0876. The largest absolute Gasteiger partial charge is 0.594 e. The Morgan fingerprint density at radius 3 is 1.89 bits per heavy atom. The van der Waals surface area contributed by atoms with Gasteiger partial charge in [0.15, 0.2) is 13.2 Å². The van der Waals surface area contributed by atoms with Gasteiger partial charge in [0, 0.05) is 0 Å². The Labute approximate surface area is 108 Å². The summed E-state index contributed by atoms with van der Waals surface area (Å²) in [6.07, 6.45) is 0. The van der Waals surface area contributed by atoms with Crippen LogP contribution in [0.1, 0.15) is 13.8 Å². The summed E-state index contributed by atoms with van der Waals surface area (Å²) < 4.78 is 21.2. The average molecular weight is 301 g/mol. The van der Waals surface area contributed by atoms with Gasteiger partial charge in [0.2, 0.25) is 0 Å². The van der Waals surface area contributed by atoms with Crippen LogP contribution in [0.4, 0.5) is 0 Å². The van der Waals surface area contributed by atoms with Crippen molar-refractivity contribution in [3.63, 3.8) is 0 Å². The van der Waals surface area contributed by atoms with Gasteiger partial charge in [-0.1, -0.05) is 0 Å². The summed E-state index contributed by atoms with van der Waals surface area (Å²) >= 11 is 0. The third kappa shape index (κ3) is 4.18. The van der Waals surface area contributed by atoms with Gasteiger partial charge in [-0.15, -0.1) is 0 Å². The Morgan fingerprint density at radius 1 is 1.21 bits per heavy atom. The molecule has 0 unspecified atom stereocenters. The molecule has 0 aliphatic rings. The zero-order valence-corrected chi connectivity index (χ0v) is 11.4. The summed E-state index contributed by atoms with van der Waals surface area (Å²) in [5.74, 6) is 0. The fraction of sp³-hybridized carbons (Fsp3) is 1.00. The molecule has 0 saturated heterocycles. The van der Waals surface area contributed by atoms with Crippen LogP contribution in [-0.4, -0.2) is 52.1 Å². The van der Waals surface area contributed by atoms with Crippen LogP contribution in [0.15, 0.2) is 4.88 Å². The minimum absolute atomic E-state index is 0.113. The first-order chi connectivity index (χ1) is 8.81. The van der Waals surface area contributed by atoms with Crippen molar-refractivity contribution in [3.8, 4) is 0 Å². The van der Waals surface area contributed by atoms with Crippen LogP contribution in [0.2, 0.25) is 0 Å². The SMILES string of the molecule is CCOP(=O)(N=[N+]([O-])C(CO)(CO)[N+](=O)[O-])OCC. The van der Waals surface area contributed by atoms with Crippen molar-refractivity contribution < 1.29 is 33.6 Å². The molecule has 0 heterocycles. The molecule has 0 aliphatic carbocycles. The molecule has 19 heavy (non-hydrogen) atoms. The molecule has 0 aromatic rings. The molecular formula is C7H16N3O8P. The summed E-state index contributed by atoms with van der Waals surface area (Å²) in [5, 5.41) is 40.1. The summed E-state index contributed by atoms with van der Waals surface area (Å²) in [4.78, 5) is 11.8. The lowest BCUT2D eigenvalue weighted by Crippen LogP contribution is -2.53. The fourth-order valence-corrected chi connectivity index (χ4v) is 2.15. The second-order valence-corrected chi connectivity index (χ2v) is 4.85. The second-order valence-electron chi connectivity index (χ2n) is 3.22. The molecule has 0 bridgehead atoms. The summed E-state index contributed by atoms with van der Waals surface area (Å²) in [5.41, 5.74) is -2.84. The van der Waals surface area contributed by atoms with E-state index < -0.39 is 36.4 Å². The molecule has 0 aromatic carbocycles. The highest BCUT2D eigenvalue weighted by Gasteiger charge is 2.54. The maximum absolute atomic E-state index is 11.9.